The molecule has 1 aliphatic rings. The summed E-state index contributed by atoms with van der Waals surface area (Å²) in [6.45, 7) is 11.1. The fourth-order valence-electron chi connectivity index (χ4n) is 7.19. The number of imidazole rings is 2. The van der Waals surface area contributed by atoms with Crippen LogP contribution in [0.2, 0.25) is 0 Å². The summed E-state index contributed by atoms with van der Waals surface area (Å²) >= 11 is 0. The Balaban J connectivity index is 1.45. The van der Waals surface area contributed by atoms with Gasteiger partial charge in [-0.15, -0.1) is 0 Å². The molecule has 0 aliphatic carbocycles. The Labute approximate surface area is 282 Å². The predicted molar refractivity (Wildman–Crippen MR) is 197 cm³/mol. The number of para-hydroxylation sites is 3. The molecule has 5 nitrogen and oxygen atoms in total. The molecule has 0 N–H and O–H groups in total. The van der Waals surface area contributed by atoms with Crippen LogP contribution in [0.5, 0.6) is 0 Å². The van der Waals surface area contributed by atoms with E-state index in [1.165, 1.54) is 33.6 Å². The second-order valence-electron chi connectivity index (χ2n) is 13.2. The molecule has 2 aromatic heterocycles. The largest absolute Gasteiger partial charge is 0.310 e. The molecule has 7 aromatic rings. The van der Waals surface area contributed by atoms with Crippen molar-refractivity contribution in [2.45, 2.75) is 47.0 Å². The van der Waals surface area contributed by atoms with Crippen LogP contribution in [0.1, 0.15) is 53.7 Å². The predicted octanol–water partition coefficient (Wildman–Crippen LogP) is 10.8. The van der Waals surface area contributed by atoms with Gasteiger partial charge >= 0.3 is 0 Å². The Bertz CT molecular complexity index is 2270. The molecule has 1 aliphatic heterocycles. The molecule has 0 unspecified atom stereocenters. The van der Waals surface area contributed by atoms with Gasteiger partial charge in [-0.1, -0.05) is 92.7 Å². The van der Waals surface area contributed by atoms with Crippen LogP contribution in [-0.4, -0.2) is 19.1 Å². The first-order valence-corrected chi connectivity index (χ1v) is 16.7. The van der Waals surface area contributed by atoms with E-state index >= 15 is 0 Å². The molecule has 0 saturated heterocycles. The van der Waals surface area contributed by atoms with Crippen molar-refractivity contribution >= 4 is 17.1 Å². The molecule has 0 amide bonds. The first-order chi connectivity index (χ1) is 23.4. The molecule has 0 atom stereocenters. The van der Waals surface area contributed by atoms with Gasteiger partial charge in [0.05, 0.1) is 29.2 Å². The van der Waals surface area contributed by atoms with Gasteiger partial charge in [-0.05, 0) is 85.3 Å². The minimum Gasteiger partial charge on any atom is -0.310 e. The van der Waals surface area contributed by atoms with Gasteiger partial charge in [0.2, 0.25) is 0 Å². The van der Waals surface area contributed by atoms with Gasteiger partial charge in [0.15, 0.2) is 0 Å². The lowest BCUT2D eigenvalue weighted by Gasteiger charge is -2.26. The summed E-state index contributed by atoms with van der Waals surface area (Å²) in [7, 11) is 0. The fourth-order valence-corrected chi connectivity index (χ4v) is 7.19. The Hall–Kier alpha value is -5.68. The van der Waals surface area contributed by atoms with Crippen molar-refractivity contribution in [3.05, 3.63) is 162 Å². The van der Waals surface area contributed by atoms with Crippen LogP contribution in [0.4, 0.5) is 17.1 Å². The minimum absolute atomic E-state index is 0.352. The van der Waals surface area contributed by atoms with E-state index in [9.17, 15) is 0 Å². The third kappa shape index (κ3) is 5.12. The Morgan fingerprint density at radius 2 is 1.00 bits per heavy atom. The van der Waals surface area contributed by atoms with Crippen LogP contribution in [0.25, 0.3) is 33.9 Å². The molecule has 0 fully saturated rings. The number of benzene rings is 5. The molecular formula is C43H39N5. The summed E-state index contributed by atoms with van der Waals surface area (Å²) < 4.78 is 4.62. The molecule has 236 valence electrons. The van der Waals surface area contributed by atoms with E-state index in [0.29, 0.717) is 12.3 Å². The van der Waals surface area contributed by atoms with Crippen molar-refractivity contribution in [3.63, 3.8) is 0 Å². The van der Waals surface area contributed by atoms with Crippen molar-refractivity contribution in [2.24, 2.45) is 0 Å². The van der Waals surface area contributed by atoms with Crippen LogP contribution >= 0.6 is 0 Å². The maximum Gasteiger partial charge on any atom is 0.121 e. The highest BCUT2D eigenvalue weighted by atomic mass is 15.1. The highest BCUT2D eigenvalue weighted by Gasteiger charge is 2.23. The molecular weight excluding hydrogens is 587 g/mol. The van der Waals surface area contributed by atoms with E-state index in [-0.39, 0.29) is 0 Å². The SMILES string of the molecule is Cc1cccc(C)c1-n1cc2nc1Cc1nc(cn1-c1c(C)cccc1C(C)C)-c1cccc(c1)N(c1ccccc1)c1cccc-2c1. The average molecular weight is 626 g/mol. The maximum absolute atomic E-state index is 5.42. The van der Waals surface area contributed by atoms with Crippen molar-refractivity contribution in [2.75, 3.05) is 4.90 Å². The van der Waals surface area contributed by atoms with E-state index < -0.39 is 0 Å². The third-order valence-corrected chi connectivity index (χ3v) is 9.50. The number of anilines is 3. The molecule has 5 heteroatoms. The number of hydrogen-bond acceptors (Lipinski definition) is 3. The molecule has 0 radical (unpaired) electrons. The second kappa shape index (κ2) is 11.8. The zero-order chi connectivity index (χ0) is 32.9. The quantitative estimate of drug-likeness (QED) is 0.195. The van der Waals surface area contributed by atoms with Crippen LogP contribution in [0, 0.1) is 20.8 Å². The van der Waals surface area contributed by atoms with Gasteiger partial charge in [0.25, 0.3) is 0 Å². The Morgan fingerprint density at radius 3 is 1.56 bits per heavy atom. The van der Waals surface area contributed by atoms with Gasteiger partial charge in [-0.2, -0.15) is 0 Å². The molecule has 5 aromatic carbocycles. The zero-order valence-electron chi connectivity index (χ0n) is 28.1. The number of fused-ring (bicyclic) bond motifs is 10. The lowest BCUT2D eigenvalue weighted by atomic mass is 9.98. The van der Waals surface area contributed by atoms with Crippen molar-refractivity contribution < 1.29 is 0 Å². The lowest BCUT2D eigenvalue weighted by molar-refractivity contribution is 0.802. The maximum atomic E-state index is 5.42. The van der Waals surface area contributed by atoms with Gasteiger partial charge < -0.3 is 14.0 Å². The topological polar surface area (TPSA) is 38.9 Å². The van der Waals surface area contributed by atoms with E-state index in [1.807, 2.05) is 0 Å². The molecule has 48 heavy (non-hydrogen) atoms. The van der Waals surface area contributed by atoms with Crippen molar-refractivity contribution in [1.29, 1.82) is 0 Å². The van der Waals surface area contributed by atoms with Gasteiger partial charge in [0, 0.05) is 40.6 Å². The van der Waals surface area contributed by atoms with E-state index in [4.69, 9.17) is 9.97 Å². The molecule has 3 heterocycles. The first kappa shape index (κ1) is 29.7. The number of aryl methyl sites for hydroxylation is 3. The molecule has 0 spiro atoms. The molecule has 8 bridgehead atoms. The van der Waals surface area contributed by atoms with E-state index in [0.717, 1.165) is 51.2 Å². The molecule has 8 rings (SSSR count). The highest BCUT2D eigenvalue weighted by molar-refractivity contribution is 5.81. The van der Waals surface area contributed by atoms with Crippen LogP contribution in [-0.2, 0) is 6.42 Å². The minimum atomic E-state index is 0.352. The summed E-state index contributed by atoms with van der Waals surface area (Å²) in [6.07, 6.45) is 5.00. The Kier molecular flexibility index (Phi) is 7.33. The summed E-state index contributed by atoms with van der Waals surface area (Å²) in [5, 5.41) is 0. The number of nitrogens with zero attached hydrogens (tertiary/aromatic N) is 5. The summed E-state index contributed by atoms with van der Waals surface area (Å²) in [6, 6.07) is 41.2. The number of aromatic nitrogens is 4. The van der Waals surface area contributed by atoms with Crippen molar-refractivity contribution in [1.82, 2.24) is 19.1 Å². The number of hydrogen-bond donors (Lipinski definition) is 0. The average Bonchev–Trinajstić information content (AvgIpc) is 3.70. The Morgan fingerprint density at radius 1 is 0.521 bits per heavy atom. The number of rotatable bonds is 4. The van der Waals surface area contributed by atoms with Gasteiger partial charge in [0.1, 0.15) is 11.6 Å². The van der Waals surface area contributed by atoms with Gasteiger partial charge in [-0.3, -0.25) is 0 Å². The first-order valence-electron chi connectivity index (χ1n) is 16.7. The monoisotopic (exact) mass is 625 g/mol. The smallest absolute Gasteiger partial charge is 0.121 e. The zero-order valence-corrected chi connectivity index (χ0v) is 28.1. The van der Waals surface area contributed by atoms with E-state index in [1.54, 1.807) is 0 Å². The van der Waals surface area contributed by atoms with E-state index in [2.05, 4.69) is 176 Å². The van der Waals surface area contributed by atoms with Crippen molar-refractivity contribution in [3.8, 4) is 33.9 Å². The highest BCUT2D eigenvalue weighted by Crippen LogP contribution is 2.39. The second-order valence-corrected chi connectivity index (χ2v) is 13.2. The lowest BCUT2D eigenvalue weighted by Crippen LogP contribution is -2.11. The molecule has 0 saturated carbocycles. The third-order valence-electron chi connectivity index (χ3n) is 9.50. The van der Waals surface area contributed by atoms with Crippen LogP contribution < -0.4 is 4.90 Å². The van der Waals surface area contributed by atoms with Crippen LogP contribution in [0.3, 0.4) is 0 Å². The summed E-state index contributed by atoms with van der Waals surface area (Å²) in [5.41, 5.74) is 14.6. The standard InChI is InChI=1S/C43H39N5/c1-28(2)37-22-10-15-31(5)43(37)47-27-39-33-17-12-21-36(24-33)48(34-18-7-6-8-19-34)35-20-11-16-32(23-35)38-26-46(40(44-38)25-41(47)45-39)42-29(3)13-9-14-30(42)4/h6-24,26-28H,25H2,1-5H3. The van der Waals surface area contributed by atoms with Gasteiger partial charge in [-0.25, -0.2) is 9.97 Å². The normalized spacial score (nSPS) is 12.3. The fraction of sp³-hybridized carbons (Fsp3) is 0.163. The summed E-state index contributed by atoms with van der Waals surface area (Å²) in [5.74, 6) is 2.27. The van der Waals surface area contributed by atoms with Crippen LogP contribution in [0.15, 0.2) is 128 Å². The summed E-state index contributed by atoms with van der Waals surface area (Å²) in [4.78, 5) is 13.1.